The van der Waals surface area contributed by atoms with E-state index in [1.807, 2.05) is 0 Å². The highest BCUT2D eigenvalue weighted by molar-refractivity contribution is 6.12. The SMILES string of the molecule is c1ccc(-c2ccccc2-c2ccccc2-c2ccccc2N(c2ccc(-c3ccc4c5ccccc5n(-c5ccccc5)c4c3)cc2)c2ccc(-c3cccc4c3ccc3ccccc34)cc2)cc1. The highest BCUT2D eigenvalue weighted by atomic mass is 15.1. The van der Waals surface area contributed by atoms with Gasteiger partial charge < -0.3 is 9.47 Å². The number of rotatable bonds is 9. The lowest BCUT2D eigenvalue weighted by Gasteiger charge is -2.29. The normalized spacial score (nSPS) is 11.4. The topological polar surface area (TPSA) is 8.17 Å². The third-order valence-corrected chi connectivity index (χ3v) is 14.0. The largest absolute Gasteiger partial charge is 0.310 e. The number of anilines is 3. The summed E-state index contributed by atoms with van der Waals surface area (Å²) in [5.41, 5.74) is 18.6. The lowest BCUT2D eigenvalue weighted by Crippen LogP contribution is -2.11. The van der Waals surface area contributed by atoms with Crippen molar-refractivity contribution in [1.29, 1.82) is 0 Å². The molecule has 70 heavy (non-hydrogen) atoms. The van der Waals surface area contributed by atoms with E-state index in [1.54, 1.807) is 0 Å². The first-order valence-electron chi connectivity index (χ1n) is 24.1. The van der Waals surface area contributed by atoms with Gasteiger partial charge in [0.25, 0.3) is 0 Å². The van der Waals surface area contributed by atoms with E-state index < -0.39 is 0 Å². The van der Waals surface area contributed by atoms with E-state index in [-0.39, 0.29) is 0 Å². The molecule has 0 fully saturated rings. The third kappa shape index (κ3) is 7.13. The maximum atomic E-state index is 2.43. The molecule has 0 aliphatic rings. The Bertz CT molecular complexity index is 4040. The molecule has 2 nitrogen and oxygen atoms in total. The monoisotopic (exact) mass is 890 g/mol. The molecule has 13 rings (SSSR count). The van der Waals surface area contributed by atoms with Crippen molar-refractivity contribution >= 4 is 60.4 Å². The summed E-state index contributed by atoms with van der Waals surface area (Å²) in [4.78, 5) is 2.43. The first kappa shape index (κ1) is 41.0. The Morgan fingerprint density at radius 3 is 1.47 bits per heavy atom. The summed E-state index contributed by atoms with van der Waals surface area (Å²) in [5.74, 6) is 0. The van der Waals surface area contributed by atoms with Crippen molar-refractivity contribution in [2.75, 3.05) is 4.90 Å². The van der Waals surface area contributed by atoms with E-state index in [0.29, 0.717) is 0 Å². The van der Waals surface area contributed by atoms with Gasteiger partial charge in [0.05, 0.1) is 16.7 Å². The Balaban J connectivity index is 0.954. The molecule has 0 aliphatic heterocycles. The highest BCUT2D eigenvalue weighted by Crippen LogP contribution is 2.46. The predicted molar refractivity (Wildman–Crippen MR) is 298 cm³/mol. The van der Waals surface area contributed by atoms with Crippen LogP contribution in [-0.2, 0) is 0 Å². The van der Waals surface area contributed by atoms with Crippen molar-refractivity contribution in [2.45, 2.75) is 0 Å². The smallest absolute Gasteiger partial charge is 0.0547 e. The van der Waals surface area contributed by atoms with Gasteiger partial charge in [0.2, 0.25) is 0 Å². The van der Waals surface area contributed by atoms with E-state index in [9.17, 15) is 0 Å². The summed E-state index contributed by atoms with van der Waals surface area (Å²) in [7, 11) is 0. The maximum Gasteiger partial charge on any atom is 0.0547 e. The summed E-state index contributed by atoms with van der Waals surface area (Å²) >= 11 is 0. The van der Waals surface area contributed by atoms with Crippen LogP contribution in [0.1, 0.15) is 0 Å². The van der Waals surface area contributed by atoms with Crippen molar-refractivity contribution < 1.29 is 0 Å². The molecule has 2 heteroatoms. The fraction of sp³-hybridized carbons (Fsp3) is 0. The second kappa shape index (κ2) is 17.4. The number of para-hydroxylation sites is 3. The Morgan fingerprint density at radius 1 is 0.243 bits per heavy atom. The maximum absolute atomic E-state index is 2.43. The van der Waals surface area contributed by atoms with Crippen LogP contribution in [0.25, 0.3) is 105 Å². The summed E-state index contributed by atoms with van der Waals surface area (Å²) in [5, 5.41) is 7.54. The zero-order valence-corrected chi connectivity index (χ0v) is 38.5. The minimum atomic E-state index is 1.07. The molecule has 0 saturated heterocycles. The van der Waals surface area contributed by atoms with E-state index in [0.717, 1.165) is 33.9 Å². The molecule has 13 aromatic rings. The minimum absolute atomic E-state index is 1.07. The van der Waals surface area contributed by atoms with E-state index in [2.05, 4.69) is 289 Å². The molecule has 328 valence electrons. The summed E-state index contributed by atoms with van der Waals surface area (Å²) in [6, 6.07) is 102. The van der Waals surface area contributed by atoms with Gasteiger partial charge in [-0.15, -0.1) is 0 Å². The van der Waals surface area contributed by atoms with Crippen molar-refractivity contribution in [1.82, 2.24) is 4.57 Å². The average molecular weight is 891 g/mol. The van der Waals surface area contributed by atoms with Gasteiger partial charge in [-0.05, 0) is 126 Å². The van der Waals surface area contributed by atoms with E-state index in [1.165, 1.54) is 87.9 Å². The molecule has 0 radical (unpaired) electrons. The van der Waals surface area contributed by atoms with Crippen LogP contribution < -0.4 is 4.90 Å². The van der Waals surface area contributed by atoms with Crippen molar-refractivity contribution in [2.24, 2.45) is 0 Å². The zero-order valence-electron chi connectivity index (χ0n) is 38.5. The van der Waals surface area contributed by atoms with Gasteiger partial charge in [-0.2, -0.15) is 0 Å². The van der Waals surface area contributed by atoms with Gasteiger partial charge in [-0.3, -0.25) is 0 Å². The van der Waals surface area contributed by atoms with Crippen LogP contribution in [0, 0.1) is 0 Å². The number of fused-ring (bicyclic) bond motifs is 6. The van der Waals surface area contributed by atoms with Gasteiger partial charge >= 0.3 is 0 Å². The minimum Gasteiger partial charge on any atom is -0.310 e. The van der Waals surface area contributed by atoms with E-state index >= 15 is 0 Å². The van der Waals surface area contributed by atoms with Crippen LogP contribution in [0.15, 0.2) is 279 Å². The molecule has 0 spiro atoms. The average Bonchev–Trinajstić information content (AvgIpc) is 3.77. The van der Waals surface area contributed by atoms with Crippen LogP contribution >= 0.6 is 0 Å². The number of hydrogen-bond donors (Lipinski definition) is 0. The predicted octanol–water partition coefficient (Wildman–Crippen LogP) is 18.9. The Kier molecular flexibility index (Phi) is 10.2. The van der Waals surface area contributed by atoms with Crippen LogP contribution in [0.5, 0.6) is 0 Å². The molecular formula is C68H46N2. The molecule has 0 aliphatic carbocycles. The summed E-state index contributed by atoms with van der Waals surface area (Å²) in [6.45, 7) is 0. The molecule has 0 saturated carbocycles. The summed E-state index contributed by atoms with van der Waals surface area (Å²) < 4.78 is 2.39. The Hall–Kier alpha value is -9.24. The van der Waals surface area contributed by atoms with Crippen LogP contribution in [-0.4, -0.2) is 4.57 Å². The quantitative estimate of drug-likeness (QED) is 0.131. The number of nitrogens with zero attached hydrogens (tertiary/aromatic N) is 2. The summed E-state index contributed by atoms with van der Waals surface area (Å²) in [6.07, 6.45) is 0. The van der Waals surface area contributed by atoms with Crippen molar-refractivity contribution in [3.63, 3.8) is 0 Å². The third-order valence-electron chi connectivity index (χ3n) is 14.0. The first-order chi connectivity index (χ1) is 34.7. The molecule has 0 unspecified atom stereocenters. The van der Waals surface area contributed by atoms with Crippen LogP contribution in [0.4, 0.5) is 17.1 Å². The highest BCUT2D eigenvalue weighted by Gasteiger charge is 2.21. The fourth-order valence-electron chi connectivity index (χ4n) is 10.8. The second-order valence-corrected chi connectivity index (χ2v) is 18.0. The van der Waals surface area contributed by atoms with Gasteiger partial charge in [-0.25, -0.2) is 0 Å². The van der Waals surface area contributed by atoms with E-state index in [4.69, 9.17) is 0 Å². The lowest BCUT2D eigenvalue weighted by atomic mass is 9.88. The zero-order chi connectivity index (χ0) is 46.4. The molecule has 1 heterocycles. The standard InChI is InChI=1S/C68H46N2/c1-3-18-48(19-4-1)55-24-9-10-25-58(55)60-26-11-12-27-61(60)63-28-13-15-32-66(63)69(54-42-36-50(37-43-54)57-30-17-31-59-56-23-8-7-20-49(56)38-44-62(57)59)53-40-34-47(35-41-53)51-39-45-65-64-29-14-16-33-67(64)70(68(65)46-51)52-21-5-2-6-22-52/h1-46H. The molecule has 0 atom stereocenters. The number of benzene rings is 12. The van der Waals surface area contributed by atoms with Gasteiger partial charge in [0, 0.05) is 33.4 Å². The second-order valence-electron chi connectivity index (χ2n) is 18.0. The molecular weight excluding hydrogens is 845 g/mol. The van der Waals surface area contributed by atoms with Crippen molar-refractivity contribution in [3.8, 4) is 61.3 Å². The first-order valence-corrected chi connectivity index (χ1v) is 24.1. The number of hydrogen-bond acceptors (Lipinski definition) is 1. The number of aromatic nitrogens is 1. The molecule has 1 aromatic heterocycles. The Morgan fingerprint density at radius 2 is 0.729 bits per heavy atom. The van der Waals surface area contributed by atoms with Gasteiger partial charge in [0.1, 0.15) is 0 Å². The van der Waals surface area contributed by atoms with Crippen LogP contribution in [0.3, 0.4) is 0 Å². The Labute approximate surface area is 408 Å². The van der Waals surface area contributed by atoms with Crippen LogP contribution in [0.2, 0.25) is 0 Å². The molecule has 12 aromatic carbocycles. The molecule has 0 N–H and O–H groups in total. The van der Waals surface area contributed by atoms with Gasteiger partial charge in [-0.1, -0.05) is 224 Å². The van der Waals surface area contributed by atoms with Gasteiger partial charge in [0.15, 0.2) is 0 Å². The molecule has 0 bridgehead atoms. The fourth-order valence-corrected chi connectivity index (χ4v) is 10.8. The van der Waals surface area contributed by atoms with Crippen molar-refractivity contribution in [3.05, 3.63) is 279 Å². The molecule has 0 amide bonds. The lowest BCUT2D eigenvalue weighted by molar-refractivity contribution is 1.18.